The molecular weight excluding hydrogens is 306 g/mol. The van der Waals surface area contributed by atoms with E-state index in [2.05, 4.69) is 9.65 Å². The molecule has 0 fully saturated rings. The second kappa shape index (κ2) is 6.29. The summed E-state index contributed by atoms with van der Waals surface area (Å²) in [6, 6.07) is 7.23. The normalized spacial score (nSPS) is 12.0. The minimum Gasteiger partial charge on any atom is -0.291 e. The topological polar surface area (TPSA) is 92.5 Å². The van der Waals surface area contributed by atoms with Crippen molar-refractivity contribution >= 4 is 21.7 Å². The molecule has 1 aromatic heterocycles. The summed E-state index contributed by atoms with van der Waals surface area (Å²) in [6.45, 7) is 3.73. The number of amides is 1. The zero-order valence-corrected chi connectivity index (χ0v) is 13.1. The van der Waals surface area contributed by atoms with E-state index >= 15 is 0 Å². The van der Waals surface area contributed by atoms with Gasteiger partial charge in [0.15, 0.2) is 5.75 Å². The highest BCUT2D eigenvalue weighted by atomic mass is 32.2. The van der Waals surface area contributed by atoms with Crippen LogP contribution in [-0.2, 0) is 21.6 Å². The number of rotatable bonds is 6. The first-order chi connectivity index (χ1) is 10.8. The van der Waals surface area contributed by atoms with Crippen LogP contribution in [0, 0.1) is 13.8 Å². The minimum absolute atomic E-state index is 0.0606. The van der Waals surface area contributed by atoms with Gasteiger partial charge in [-0.1, -0.05) is 18.2 Å². The largest absolute Gasteiger partial charge is 0.291 e. The molecule has 0 radical (unpaired) electrons. The fraction of sp³-hybridized carbons (Fsp3) is 0.286. The third-order valence-electron chi connectivity index (χ3n) is 3.16. The van der Waals surface area contributed by atoms with E-state index in [0.717, 1.165) is 11.1 Å². The van der Waals surface area contributed by atoms with Gasteiger partial charge in [0.1, 0.15) is 6.67 Å². The van der Waals surface area contributed by atoms with E-state index in [1.807, 2.05) is 32.0 Å². The molecular formula is C14H17N3O4S. The number of benzene rings is 1. The summed E-state index contributed by atoms with van der Waals surface area (Å²) in [5.74, 6) is -1.60. The molecule has 8 heteroatoms. The van der Waals surface area contributed by atoms with Crippen molar-refractivity contribution < 1.29 is 17.8 Å². The molecule has 0 atom stereocenters. The van der Waals surface area contributed by atoms with Crippen LogP contribution in [0.2, 0.25) is 0 Å². The number of hydrogen-bond donors (Lipinski definition) is 1. The van der Waals surface area contributed by atoms with Crippen molar-refractivity contribution in [2.45, 2.75) is 20.5 Å². The number of carbonyl (C=O) groups excluding carboxylic acids is 1. The first-order valence-corrected chi connectivity index (χ1v) is 8.13. The van der Waals surface area contributed by atoms with Crippen LogP contribution in [0.25, 0.3) is 1.43 Å². The fourth-order valence-electron chi connectivity index (χ4n) is 2.26. The second-order valence-electron chi connectivity index (χ2n) is 4.95. The molecule has 22 heavy (non-hydrogen) atoms. The average molecular weight is 324 g/mol. The summed E-state index contributed by atoms with van der Waals surface area (Å²) in [4.78, 5) is 13.8. The highest BCUT2D eigenvalue weighted by Gasteiger charge is 2.24. The number of carbonyl (C=O) groups is 1. The molecule has 0 aliphatic rings. The zero-order valence-electron chi connectivity index (χ0n) is 13.3. The Bertz CT molecular complexity index is 770. The van der Waals surface area contributed by atoms with Crippen molar-refractivity contribution in [3.63, 3.8) is 0 Å². The van der Waals surface area contributed by atoms with Crippen LogP contribution in [0.5, 0.6) is 0 Å². The Morgan fingerprint density at radius 3 is 2.59 bits per heavy atom. The molecule has 2 rings (SSSR count). The molecule has 7 nitrogen and oxygen atoms in total. The van der Waals surface area contributed by atoms with Crippen LogP contribution >= 0.6 is 0 Å². The van der Waals surface area contributed by atoms with Gasteiger partial charge in [-0.3, -0.25) is 18.9 Å². The zero-order chi connectivity index (χ0) is 17.0. The lowest BCUT2D eigenvalue weighted by atomic mass is 10.1. The number of para-hydroxylation sites is 1. The third kappa shape index (κ3) is 3.92. The minimum atomic E-state index is -4.23. The smallest absolute Gasteiger partial charge is 0.274 e. The summed E-state index contributed by atoms with van der Waals surface area (Å²) in [5, 5.41) is 4.04. The number of aromatic nitrogens is 2. The van der Waals surface area contributed by atoms with Crippen LogP contribution < -0.4 is 4.90 Å². The molecule has 1 amide bonds. The molecule has 0 spiro atoms. The van der Waals surface area contributed by atoms with Gasteiger partial charge in [-0.15, -0.1) is 0 Å². The Morgan fingerprint density at radius 2 is 2.05 bits per heavy atom. The van der Waals surface area contributed by atoms with Crippen molar-refractivity contribution in [1.82, 2.24) is 9.78 Å². The number of aryl methyl sites for hydroxylation is 2. The molecule has 0 aliphatic carbocycles. The lowest BCUT2D eigenvalue weighted by Crippen LogP contribution is -2.38. The van der Waals surface area contributed by atoms with Gasteiger partial charge in [0.25, 0.3) is 10.1 Å². The van der Waals surface area contributed by atoms with Gasteiger partial charge < -0.3 is 0 Å². The molecule has 1 aromatic carbocycles. The molecule has 0 bridgehead atoms. The molecule has 0 saturated heterocycles. The standard InChI is InChI=1S/C14H17N3O4S/c1-11-5-3-6-12(2)14(11)17(10-16-8-4-7-15-16)13(18)9-22(19,20)21/h3-8H,9-10H2,1-2H3,(H,19,20,21)/i/hD. The van der Waals surface area contributed by atoms with E-state index < -0.39 is 21.8 Å². The first-order valence-electron chi connectivity index (χ1n) is 6.96. The summed E-state index contributed by atoms with van der Waals surface area (Å²) in [6.07, 6.45) is 3.24. The van der Waals surface area contributed by atoms with E-state index in [9.17, 15) is 13.2 Å². The third-order valence-corrected chi connectivity index (χ3v) is 3.76. The highest BCUT2D eigenvalue weighted by molar-refractivity contribution is 7.86. The summed E-state index contributed by atoms with van der Waals surface area (Å²) >= 11 is 0. The maximum absolute atomic E-state index is 12.5. The predicted molar refractivity (Wildman–Crippen MR) is 82.0 cm³/mol. The monoisotopic (exact) mass is 324 g/mol. The Morgan fingerprint density at radius 1 is 1.36 bits per heavy atom. The van der Waals surface area contributed by atoms with Gasteiger partial charge in [-0.25, -0.2) is 0 Å². The second-order valence-corrected chi connectivity index (χ2v) is 6.36. The van der Waals surface area contributed by atoms with Gasteiger partial charge in [0.2, 0.25) is 7.34 Å². The van der Waals surface area contributed by atoms with Gasteiger partial charge in [-0.05, 0) is 31.0 Å². The van der Waals surface area contributed by atoms with E-state index in [0.29, 0.717) is 5.69 Å². The van der Waals surface area contributed by atoms with Crippen molar-refractivity contribution in [3.8, 4) is 0 Å². The van der Waals surface area contributed by atoms with Crippen molar-refractivity contribution in [3.05, 3.63) is 47.8 Å². The summed E-state index contributed by atoms with van der Waals surface area (Å²) in [7, 11) is -4.23. The number of anilines is 1. The average Bonchev–Trinajstić information content (AvgIpc) is 2.98. The Labute approximate surface area is 130 Å². The van der Waals surface area contributed by atoms with Gasteiger partial charge in [-0.2, -0.15) is 13.5 Å². The van der Waals surface area contributed by atoms with E-state index in [1.54, 1.807) is 18.5 Å². The van der Waals surface area contributed by atoms with E-state index in [-0.39, 0.29) is 6.67 Å². The van der Waals surface area contributed by atoms with Gasteiger partial charge in [0, 0.05) is 12.4 Å². The SMILES string of the molecule is [2H]OS(=O)(=O)CC(=O)N(Cn1cccn1)c1c(C)cccc1C. The molecule has 1 heterocycles. The first kappa shape index (κ1) is 14.7. The van der Waals surface area contributed by atoms with E-state index in [4.69, 9.17) is 1.43 Å². The van der Waals surface area contributed by atoms with Crippen molar-refractivity contribution in [1.29, 1.82) is 1.43 Å². The fourth-order valence-corrected chi connectivity index (χ4v) is 2.72. The van der Waals surface area contributed by atoms with Gasteiger partial charge in [0.05, 0.1) is 5.69 Å². The van der Waals surface area contributed by atoms with Crippen molar-refractivity contribution in [2.24, 2.45) is 0 Å². The Hall–Kier alpha value is -2.19. The van der Waals surface area contributed by atoms with Crippen molar-refractivity contribution in [2.75, 3.05) is 10.7 Å². The number of hydrogen-bond acceptors (Lipinski definition) is 5. The predicted octanol–water partition coefficient (Wildman–Crippen LogP) is 1.38. The lowest BCUT2D eigenvalue weighted by Gasteiger charge is -2.25. The molecule has 2 aromatic rings. The summed E-state index contributed by atoms with van der Waals surface area (Å²) < 4.78 is 34.6. The van der Waals surface area contributed by atoms with Crippen LogP contribution in [0.1, 0.15) is 11.1 Å². The molecule has 118 valence electrons. The molecule has 0 aliphatic heterocycles. The van der Waals surface area contributed by atoms with Crippen LogP contribution in [-0.4, -0.2) is 34.4 Å². The highest BCUT2D eigenvalue weighted by Crippen LogP contribution is 2.25. The Balaban J connectivity index is 2.41. The summed E-state index contributed by atoms with van der Waals surface area (Å²) in [5.41, 5.74) is 2.28. The lowest BCUT2D eigenvalue weighted by molar-refractivity contribution is -0.116. The van der Waals surface area contributed by atoms with E-state index in [1.165, 1.54) is 9.58 Å². The maximum Gasteiger partial charge on any atom is 0.274 e. The molecule has 0 unspecified atom stereocenters. The quantitative estimate of drug-likeness (QED) is 0.810. The van der Waals surface area contributed by atoms with Gasteiger partial charge >= 0.3 is 0 Å². The molecule has 0 saturated carbocycles. The Kier molecular flexibility index (Phi) is 4.21. The van der Waals surface area contributed by atoms with Crippen LogP contribution in [0.3, 0.4) is 0 Å². The maximum atomic E-state index is 12.5. The van der Waals surface area contributed by atoms with Crippen LogP contribution in [0.15, 0.2) is 36.7 Å². The molecule has 1 N–H and O–H groups in total. The number of nitrogens with zero attached hydrogens (tertiary/aromatic N) is 3. The van der Waals surface area contributed by atoms with Crippen LogP contribution in [0.4, 0.5) is 5.69 Å².